The van der Waals surface area contributed by atoms with E-state index in [0.717, 1.165) is 20.7 Å². The maximum atomic E-state index is 13.2. The maximum absolute atomic E-state index is 13.2. The normalized spacial score (nSPS) is 11.1. The quantitative estimate of drug-likeness (QED) is 0.391. The molecule has 28 heavy (non-hydrogen) atoms. The van der Waals surface area contributed by atoms with Crippen molar-refractivity contribution in [1.82, 2.24) is 4.98 Å². The first-order valence-electron chi connectivity index (χ1n) is 8.64. The summed E-state index contributed by atoms with van der Waals surface area (Å²) in [5.74, 6) is 0.239. The zero-order chi connectivity index (χ0) is 19.5. The summed E-state index contributed by atoms with van der Waals surface area (Å²) in [5, 5.41) is 0.622. The van der Waals surface area contributed by atoms with Crippen LogP contribution in [-0.4, -0.2) is 17.1 Å². The Morgan fingerprint density at radius 1 is 1.21 bits per heavy atom. The van der Waals surface area contributed by atoms with E-state index in [4.69, 9.17) is 4.42 Å². The lowest BCUT2D eigenvalue weighted by Gasteiger charge is -2.18. The van der Waals surface area contributed by atoms with E-state index in [1.165, 1.54) is 23.5 Å². The third-order valence-electron chi connectivity index (χ3n) is 4.28. The van der Waals surface area contributed by atoms with Crippen LogP contribution in [-0.2, 0) is 17.8 Å². The van der Waals surface area contributed by atoms with Crippen LogP contribution in [0.2, 0.25) is 0 Å². The minimum Gasteiger partial charge on any atom is -0.467 e. The van der Waals surface area contributed by atoms with Gasteiger partial charge >= 0.3 is 0 Å². The zero-order valence-electron chi connectivity index (χ0n) is 15.1. The first-order chi connectivity index (χ1) is 13.6. The maximum Gasteiger partial charge on any atom is 0.233 e. The van der Waals surface area contributed by atoms with Crippen molar-refractivity contribution in [2.75, 3.05) is 11.2 Å². The summed E-state index contributed by atoms with van der Waals surface area (Å²) in [6.45, 7) is 0.294. The molecule has 0 fully saturated rings. The van der Waals surface area contributed by atoms with Gasteiger partial charge in [-0.3, -0.25) is 9.69 Å². The van der Waals surface area contributed by atoms with E-state index in [1.807, 2.05) is 24.5 Å². The van der Waals surface area contributed by atoms with Crippen LogP contribution in [0.15, 0.2) is 70.2 Å². The number of furan rings is 1. The van der Waals surface area contributed by atoms with Gasteiger partial charge in [-0.15, -0.1) is 11.8 Å². The van der Waals surface area contributed by atoms with Crippen molar-refractivity contribution in [1.29, 1.82) is 0 Å². The molecule has 4 rings (SSSR count). The number of thiazole rings is 1. The van der Waals surface area contributed by atoms with Gasteiger partial charge in [-0.1, -0.05) is 23.5 Å². The highest BCUT2D eigenvalue weighted by Crippen LogP contribution is 2.32. The lowest BCUT2D eigenvalue weighted by molar-refractivity contribution is -0.118. The van der Waals surface area contributed by atoms with Gasteiger partial charge in [-0.2, -0.15) is 0 Å². The molecule has 2 aromatic carbocycles. The molecule has 0 aliphatic carbocycles. The lowest BCUT2D eigenvalue weighted by Crippen LogP contribution is -2.31. The molecule has 1 amide bonds. The van der Waals surface area contributed by atoms with Crippen LogP contribution < -0.4 is 4.90 Å². The van der Waals surface area contributed by atoms with Gasteiger partial charge in [0.25, 0.3) is 0 Å². The molecular weight excluding hydrogens is 395 g/mol. The van der Waals surface area contributed by atoms with E-state index < -0.39 is 0 Å². The van der Waals surface area contributed by atoms with Crippen molar-refractivity contribution in [3.63, 3.8) is 0 Å². The minimum absolute atomic E-state index is 0.118. The third kappa shape index (κ3) is 4.10. The number of benzene rings is 2. The van der Waals surface area contributed by atoms with Gasteiger partial charge in [-0.05, 0) is 54.3 Å². The van der Waals surface area contributed by atoms with Gasteiger partial charge in [0.05, 0.1) is 29.4 Å². The molecule has 0 saturated heterocycles. The number of carbonyl (C=O) groups is 1. The Morgan fingerprint density at radius 3 is 2.75 bits per heavy atom. The van der Waals surface area contributed by atoms with Gasteiger partial charge < -0.3 is 4.42 Å². The van der Waals surface area contributed by atoms with Crippen LogP contribution in [0, 0.1) is 5.82 Å². The molecule has 0 bridgehead atoms. The molecule has 4 nitrogen and oxygen atoms in total. The number of amides is 1. The molecule has 2 aromatic heterocycles. The summed E-state index contributed by atoms with van der Waals surface area (Å²) in [6.07, 6.45) is 3.77. The molecule has 0 aliphatic rings. The predicted octanol–water partition coefficient (Wildman–Crippen LogP) is 5.53. The van der Waals surface area contributed by atoms with Crippen molar-refractivity contribution in [2.45, 2.75) is 17.9 Å². The molecule has 7 heteroatoms. The minimum atomic E-state index is -0.320. The third-order valence-corrected chi connectivity index (χ3v) is 6.05. The second kappa shape index (κ2) is 8.16. The number of aromatic nitrogens is 1. The number of hydrogen-bond donors (Lipinski definition) is 0. The van der Waals surface area contributed by atoms with E-state index in [9.17, 15) is 9.18 Å². The fraction of sp³-hybridized carbons (Fsp3) is 0.143. The van der Waals surface area contributed by atoms with Crippen LogP contribution in [0.25, 0.3) is 10.2 Å². The Labute approximate surface area is 170 Å². The van der Waals surface area contributed by atoms with Gasteiger partial charge in [0.1, 0.15) is 11.6 Å². The summed E-state index contributed by atoms with van der Waals surface area (Å²) in [7, 11) is 0. The Bertz CT molecular complexity index is 1090. The molecule has 4 aromatic rings. The first kappa shape index (κ1) is 18.7. The Hall–Kier alpha value is -2.64. The monoisotopic (exact) mass is 412 g/mol. The fourth-order valence-corrected chi connectivity index (χ4v) is 4.36. The molecule has 0 atom stereocenters. The van der Waals surface area contributed by atoms with Crippen molar-refractivity contribution in [3.05, 3.63) is 78.0 Å². The molecule has 0 radical (unpaired) electrons. The average Bonchev–Trinajstić information content (AvgIpc) is 3.36. The molecule has 0 N–H and O–H groups in total. The zero-order valence-corrected chi connectivity index (χ0v) is 16.7. The van der Waals surface area contributed by atoms with Crippen LogP contribution in [0.5, 0.6) is 0 Å². The molecule has 0 unspecified atom stereocenters. The largest absolute Gasteiger partial charge is 0.467 e. The number of thioether (sulfide) groups is 1. The number of halogens is 1. The van der Waals surface area contributed by atoms with Gasteiger partial charge in [0, 0.05) is 4.90 Å². The van der Waals surface area contributed by atoms with Crippen molar-refractivity contribution >= 4 is 44.4 Å². The Morgan fingerprint density at radius 2 is 2.04 bits per heavy atom. The Balaban J connectivity index is 1.66. The summed E-state index contributed by atoms with van der Waals surface area (Å²) in [6, 6.07) is 15.7. The number of nitrogens with zero attached hydrogens (tertiary/aromatic N) is 2. The second-order valence-electron chi connectivity index (χ2n) is 6.19. The van der Waals surface area contributed by atoms with Crippen molar-refractivity contribution in [3.8, 4) is 0 Å². The van der Waals surface area contributed by atoms with E-state index in [-0.39, 0.29) is 18.1 Å². The highest BCUT2D eigenvalue weighted by atomic mass is 32.2. The number of carbonyl (C=O) groups excluding carboxylic acids is 1. The average molecular weight is 413 g/mol. The SMILES string of the molecule is CSc1ccc2nc(N(Cc3ccco3)C(=O)Cc3ccc(F)cc3)sc2c1. The van der Waals surface area contributed by atoms with Crippen LogP contribution >= 0.6 is 23.1 Å². The summed E-state index contributed by atoms with van der Waals surface area (Å²) >= 11 is 3.14. The van der Waals surface area contributed by atoms with Gasteiger partial charge in [-0.25, -0.2) is 9.37 Å². The van der Waals surface area contributed by atoms with E-state index in [0.29, 0.717) is 17.4 Å². The Kier molecular flexibility index (Phi) is 5.45. The summed E-state index contributed by atoms with van der Waals surface area (Å²) in [4.78, 5) is 20.5. The van der Waals surface area contributed by atoms with Crippen LogP contribution in [0.3, 0.4) is 0 Å². The number of anilines is 1. The molecule has 0 aliphatic heterocycles. The fourth-order valence-electron chi connectivity index (χ4n) is 2.83. The van der Waals surface area contributed by atoms with E-state index >= 15 is 0 Å². The summed E-state index contributed by atoms with van der Waals surface area (Å²) < 4.78 is 19.6. The number of rotatable bonds is 6. The first-order valence-corrected chi connectivity index (χ1v) is 10.7. The summed E-state index contributed by atoms with van der Waals surface area (Å²) in [5.41, 5.74) is 1.61. The predicted molar refractivity (Wildman–Crippen MR) is 111 cm³/mol. The second-order valence-corrected chi connectivity index (χ2v) is 8.08. The molecule has 0 spiro atoms. The highest BCUT2D eigenvalue weighted by Gasteiger charge is 2.21. The standard InChI is InChI=1S/C21H17FN2O2S2/c1-27-17-8-9-18-19(12-17)28-21(23-18)24(13-16-3-2-10-26-16)20(25)11-14-4-6-15(22)7-5-14/h2-10,12H,11,13H2,1H3. The van der Waals surface area contributed by atoms with Gasteiger partial charge in [0.15, 0.2) is 5.13 Å². The van der Waals surface area contributed by atoms with Crippen LogP contribution in [0.4, 0.5) is 9.52 Å². The molecule has 142 valence electrons. The molecule has 0 saturated carbocycles. The van der Waals surface area contributed by atoms with Gasteiger partial charge in [0.2, 0.25) is 5.91 Å². The topological polar surface area (TPSA) is 46.3 Å². The number of hydrogen-bond acceptors (Lipinski definition) is 5. The van der Waals surface area contributed by atoms with Crippen molar-refractivity contribution < 1.29 is 13.6 Å². The molecular formula is C21H17FN2O2S2. The van der Waals surface area contributed by atoms with E-state index in [1.54, 1.807) is 41.1 Å². The van der Waals surface area contributed by atoms with E-state index in [2.05, 4.69) is 11.1 Å². The highest BCUT2D eigenvalue weighted by molar-refractivity contribution is 7.98. The lowest BCUT2D eigenvalue weighted by atomic mass is 10.1. The number of fused-ring (bicyclic) bond motifs is 1. The molecule has 2 heterocycles. The smallest absolute Gasteiger partial charge is 0.233 e. The van der Waals surface area contributed by atoms with Crippen molar-refractivity contribution in [2.24, 2.45) is 0 Å². The van der Waals surface area contributed by atoms with Crippen LogP contribution in [0.1, 0.15) is 11.3 Å².